The van der Waals surface area contributed by atoms with E-state index in [-0.39, 0.29) is 29.7 Å². The van der Waals surface area contributed by atoms with Gasteiger partial charge in [-0.3, -0.25) is 14.6 Å². The predicted octanol–water partition coefficient (Wildman–Crippen LogP) is 3.26. The summed E-state index contributed by atoms with van der Waals surface area (Å²) in [5.74, 6) is -0.916. The maximum Gasteiger partial charge on any atom is 0.243 e. The Bertz CT molecular complexity index is 1280. The summed E-state index contributed by atoms with van der Waals surface area (Å²) in [5, 5.41) is 3.76. The van der Waals surface area contributed by atoms with Gasteiger partial charge in [-0.05, 0) is 48.5 Å². The van der Waals surface area contributed by atoms with Crippen molar-refractivity contribution in [2.24, 2.45) is 5.92 Å². The SMILES string of the molecule is CCN(CC)S(=O)(=O)c1ccc(N2C[C@H](C(=O)Nc3cccc4ncccc34)CC2=O)cc1. The molecule has 0 radical (unpaired) electrons. The van der Waals surface area contributed by atoms with Gasteiger partial charge < -0.3 is 10.2 Å². The lowest BCUT2D eigenvalue weighted by Crippen LogP contribution is -2.31. The van der Waals surface area contributed by atoms with Crippen molar-refractivity contribution >= 4 is 44.1 Å². The molecule has 1 saturated heterocycles. The molecule has 0 spiro atoms. The van der Waals surface area contributed by atoms with Gasteiger partial charge in [0.2, 0.25) is 21.8 Å². The number of benzene rings is 2. The summed E-state index contributed by atoms with van der Waals surface area (Å²) in [6.45, 7) is 4.58. The van der Waals surface area contributed by atoms with E-state index in [9.17, 15) is 18.0 Å². The molecule has 2 heterocycles. The van der Waals surface area contributed by atoms with E-state index in [4.69, 9.17) is 0 Å². The fraction of sp³-hybridized carbons (Fsp3) is 0.292. The molecular weight excluding hydrogens is 440 g/mol. The van der Waals surface area contributed by atoms with Crippen molar-refractivity contribution in [1.29, 1.82) is 0 Å². The highest BCUT2D eigenvalue weighted by molar-refractivity contribution is 7.89. The molecule has 4 rings (SSSR count). The average Bonchev–Trinajstić information content (AvgIpc) is 3.22. The lowest BCUT2D eigenvalue weighted by atomic mass is 10.1. The summed E-state index contributed by atoms with van der Waals surface area (Å²) in [7, 11) is -3.57. The first-order valence-electron chi connectivity index (χ1n) is 10.9. The summed E-state index contributed by atoms with van der Waals surface area (Å²) >= 11 is 0. The van der Waals surface area contributed by atoms with E-state index in [1.54, 1.807) is 32.2 Å². The number of anilines is 2. The van der Waals surface area contributed by atoms with Crippen LogP contribution in [-0.2, 0) is 19.6 Å². The molecule has 3 aromatic rings. The second-order valence-electron chi connectivity index (χ2n) is 7.85. The number of pyridine rings is 1. The minimum absolute atomic E-state index is 0.0916. The number of sulfonamides is 1. The lowest BCUT2D eigenvalue weighted by Gasteiger charge is -2.20. The highest BCUT2D eigenvalue weighted by Crippen LogP contribution is 2.29. The molecule has 1 aliphatic heterocycles. The van der Waals surface area contributed by atoms with E-state index in [0.717, 1.165) is 10.9 Å². The van der Waals surface area contributed by atoms with Gasteiger partial charge in [-0.15, -0.1) is 0 Å². The molecule has 0 unspecified atom stereocenters. The van der Waals surface area contributed by atoms with Crippen molar-refractivity contribution in [1.82, 2.24) is 9.29 Å². The Balaban J connectivity index is 1.48. The van der Waals surface area contributed by atoms with Crippen LogP contribution in [-0.4, -0.2) is 49.2 Å². The standard InChI is InChI=1S/C24H26N4O4S/c1-3-27(4-2)33(31,32)19-12-10-18(11-13-19)28-16-17(15-23(28)29)24(30)26-22-9-5-8-21-20(22)7-6-14-25-21/h5-14,17H,3-4,15-16H2,1-2H3,(H,26,30)/t17-/m1/s1. The number of fused-ring (bicyclic) bond motifs is 1. The third-order valence-electron chi connectivity index (χ3n) is 5.89. The van der Waals surface area contributed by atoms with Gasteiger partial charge in [-0.2, -0.15) is 4.31 Å². The fourth-order valence-corrected chi connectivity index (χ4v) is 5.55. The van der Waals surface area contributed by atoms with Gasteiger partial charge in [0.1, 0.15) is 0 Å². The van der Waals surface area contributed by atoms with Crippen LogP contribution < -0.4 is 10.2 Å². The minimum Gasteiger partial charge on any atom is -0.325 e. The van der Waals surface area contributed by atoms with Gasteiger partial charge in [0, 0.05) is 43.3 Å². The fourth-order valence-electron chi connectivity index (χ4n) is 4.09. The van der Waals surface area contributed by atoms with Crippen LogP contribution in [0, 0.1) is 5.92 Å². The van der Waals surface area contributed by atoms with E-state index in [1.165, 1.54) is 21.3 Å². The first-order chi connectivity index (χ1) is 15.8. The predicted molar refractivity (Wildman–Crippen MR) is 127 cm³/mol. The molecule has 1 aromatic heterocycles. The van der Waals surface area contributed by atoms with E-state index < -0.39 is 15.9 Å². The maximum atomic E-state index is 12.9. The number of hydrogen-bond donors (Lipinski definition) is 1. The van der Waals surface area contributed by atoms with Crippen molar-refractivity contribution in [3.05, 3.63) is 60.8 Å². The zero-order valence-electron chi connectivity index (χ0n) is 18.6. The van der Waals surface area contributed by atoms with Crippen LogP contribution in [0.25, 0.3) is 10.9 Å². The largest absolute Gasteiger partial charge is 0.325 e. The van der Waals surface area contributed by atoms with Crippen LogP contribution in [0.5, 0.6) is 0 Å². The van der Waals surface area contributed by atoms with Gasteiger partial charge in [-0.25, -0.2) is 8.42 Å². The highest BCUT2D eigenvalue weighted by atomic mass is 32.2. The molecule has 0 bridgehead atoms. The van der Waals surface area contributed by atoms with Crippen LogP contribution in [0.2, 0.25) is 0 Å². The van der Waals surface area contributed by atoms with Crippen molar-refractivity contribution in [3.8, 4) is 0 Å². The Morgan fingerprint density at radius 2 is 1.82 bits per heavy atom. The van der Waals surface area contributed by atoms with Crippen molar-refractivity contribution in [3.63, 3.8) is 0 Å². The molecule has 1 fully saturated rings. The zero-order chi connectivity index (χ0) is 23.6. The maximum absolute atomic E-state index is 12.9. The third-order valence-corrected chi connectivity index (χ3v) is 7.96. The number of aromatic nitrogens is 1. The molecule has 1 atom stereocenters. The molecule has 9 heteroatoms. The van der Waals surface area contributed by atoms with Gasteiger partial charge in [0.05, 0.1) is 22.0 Å². The van der Waals surface area contributed by atoms with Crippen LogP contribution in [0.15, 0.2) is 65.7 Å². The van der Waals surface area contributed by atoms with E-state index >= 15 is 0 Å². The molecule has 1 aliphatic rings. The molecule has 1 N–H and O–H groups in total. The quantitative estimate of drug-likeness (QED) is 0.576. The molecule has 2 aromatic carbocycles. The van der Waals surface area contributed by atoms with Crippen LogP contribution in [0.1, 0.15) is 20.3 Å². The molecule has 0 saturated carbocycles. The highest BCUT2D eigenvalue weighted by Gasteiger charge is 2.35. The molecule has 2 amide bonds. The summed E-state index contributed by atoms with van der Waals surface area (Å²) in [4.78, 5) is 31.6. The number of carbonyl (C=O) groups is 2. The molecule has 0 aliphatic carbocycles. The molecule has 172 valence electrons. The Kier molecular flexibility index (Phi) is 6.44. The molecule has 33 heavy (non-hydrogen) atoms. The first kappa shape index (κ1) is 22.9. The number of rotatable bonds is 7. The molecular formula is C24H26N4O4S. The smallest absolute Gasteiger partial charge is 0.243 e. The number of hydrogen-bond acceptors (Lipinski definition) is 5. The van der Waals surface area contributed by atoms with Crippen LogP contribution in [0.3, 0.4) is 0 Å². The van der Waals surface area contributed by atoms with Gasteiger partial charge in [0.15, 0.2) is 0 Å². The van der Waals surface area contributed by atoms with Crippen molar-refractivity contribution < 1.29 is 18.0 Å². The summed E-state index contributed by atoms with van der Waals surface area (Å²) < 4.78 is 26.8. The van der Waals surface area contributed by atoms with Crippen LogP contribution in [0.4, 0.5) is 11.4 Å². The second-order valence-corrected chi connectivity index (χ2v) is 9.79. The van der Waals surface area contributed by atoms with Crippen LogP contribution >= 0.6 is 0 Å². The van der Waals surface area contributed by atoms with Gasteiger partial charge in [-0.1, -0.05) is 19.9 Å². The minimum atomic E-state index is -3.57. The summed E-state index contributed by atoms with van der Waals surface area (Å²) in [6, 6.07) is 15.4. The molecule has 8 nitrogen and oxygen atoms in total. The Hall–Kier alpha value is -3.30. The third kappa shape index (κ3) is 4.46. The summed E-state index contributed by atoms with van der Waals surface area (Å²) in [6.07, 6.45) is 1.79. The average molecular weight is 467 g/mol. The number of nitrogens with one attached hydrogen (secondary N) is 1. The number of nitrogens with zero attached hydrogens (tertiary/aromatic N) is 3. The topological polar surface area (TPSA) is 99.7 Å². The van der Waals surface area contributed by atoms with E-state index in [0.29, 0.717) is 24.5 Å². The van der Waals surface area contributed by atoms with Crippen molar-refractivity contribution in [2.45, 2.75) is 25.2 Å². The Morgan fingerprint density at radius 1 is 1.09 bits per heavy atom. The van der Waals surface area contributed by atoms with Gasteiger partial charge in [0.25, 0.3) is 0 Å². The Morgan fingerprint density at radius 3 is 2.52 bits per heavy atom. The normalized spacial score (nSPS) is 16.5. The number of carbonyl (C=O) groups excluding carboxylic acids is 2. The second kappa shape index (κ2) is 9.29. The Labute approximate surface area is 193 Å². The van der Waals surface area contributed by atoms with E-state index in [2.05, 4.69) is 10.3 Å². The lowest BCUT2D eigenvalue weighted by molar-refractivity contribution is -0.122. The van der Waals surface area contributed by atoms with E-state index in [1.807, 2.05) is 30.3 Å². The monoisotopic (exact) mass is 466 g/mol. The zero-order valence-corrected chi connectivity index (χ0v) is 19.4. The van der Waals surface area contributed by atoms with Gasteiger partial charge >= 0.3 is 0 Å². The van der Waals surface area contributed by atoms with Crippen molar-refractivity contribution in [2.75, 3.05) is 29.9 Å². The first-order valence-corrected chi connectivity index (χ1v) is 12.3. The number of amides is 2. The summed E-state index contributed by atoms with van der Waals surface area (Å²) in [5.41, 5.74) is 2.00.